The summed E-state index contributed by atoms with van der Waals surface area (Å²) in [4.78, 5) is 21.7. The van der Waals surface area contributed by atoms with Gasteiger partial charge in [0, 0.05) is 54.1 Å². The van der Waals surface area contributed by atoms with Crippen LogP contribution in [-0.2, 0) is 16.1 Å². The number of nitriles is 1. The lowest BCUT2D eigenvalue weighted by Gasteiger charge is -2.19. The first kappa shape index (κ1) is 31.7. The van der Waals surface area contributed by atoms with Crippen LogP contribution < -0.4 is 25.4 Å². The van der Waals surface area contributed by atoms with Gasteiger partial charge >= 0.3 is 0 Å². The lowest BCUT2D eigenvalue weighted by molar-refractivity contribution is -0.111. The maximum absolute atomic E-state index is 13.0. The summed E-state index contributed by atoms with van der Waals surface area (Å²) in [5.74, 6) is 0.652. The zero-order chi connectivity index (χ0) is 31.8. The van der Waals surface area contributed by atoms with E-state index in [4.69, 9.17) is 25.8 Å². The van der Waals surface area contributed by atoms with Gasteiger partial charge in [0.1, 0.15) is 30.3 Å². The maximum Gasteiger partial charge on any atom is 0.248 e. The van der Waals surface area contributed by atoms with Gasteiger partial charge in [0.25, 0.3) is 0 Å². The van der Waals surface area contributed by atoms with Crippen LogP contribution in [0.2, 0.25) is 5.02 Å². The Kier molecular flexibility index (Phi) is 10.1. The third-order valence-electron chi connectivity index (χ3n) is 6.85. The Balaban J connectivity index is 1.43. The van der Waals surface area contributed by atoms with E-state index in [1.54, 1.807) is 36.5 Å². The molecule has 1 aliphatic rings. The fourth-order valence-electron chi connectivity index (χ4n) is 4.60. The van der Waals surface area contributed by atoms with Crippen molar-refractivity contribution in [3.63, 3.8) is 0 Å². The summed E-state index contributed by atoms with van der Waals surface area (Å²) in [7, 11) is 0. The molecule has 0 radical (unpaired) electrons. The molecule has 0 spiro atoms. The van der Waals surface area contributed by atoms with E-state index in [0.717, 1.165) is 12.1 Å². The molecule has 0 aliphatic carbocycles. The molecule has 5 rings (SSSR count). The van der Waals surface area contributed by atoms with Crippen molar-refractivity contribution in [1.29, 1.82) is 5.26 Å². The summed E-state index contributed by atoms with van der Waals surface area (Å²) in [5, 5.41) is 20.6. The number of anilines is 3. The second-order valence-electron chi connectivity index (χ2n) is 11.5. The van der Waals surface area contributed by atoms with E-state index < -0.39 is 0 Å². The van der Waals surface area contributed by atoms with E-state index in [1.807, 2.05) is 24.3 Å². The van der Waals surface area contributed by atoms with Gasteiger partial charge in [-0.3, -0.25) is 14.8 Å². The SMILES string of the molecule is CC(C)(C)NCC=CC(=O)Nc1cc2c(Nc3ccc(OCc4ccccn4)c(Cl)c3)c(C#N)cnc2cc1O[C@H]1CCOC1. The lowest BCUT2D eigenvalue weighted by Crippen LogP contribution is -2.35. The van der Waals surface area contributed by atoms with Crippen LogP contribution in [0.1, 0.15) is 38.4 Å². The van der Waals surface area contributed by atoms with Gasteiger partial charge in [0.05, 0.1) is 46.4 Å². The van der Waals surface area contributed by atoms with Gasteiger partial charge in [-0.05, 0) is 57.2 Å². The number of ether oxygens (including phenoxy) is 3. The molecule has 232 valence electrons. The molecule has 1 atom stereocenters. The van der Waals surface area contributed by atoms with Crippen molar-refractivity contribution < 1.29 is 19.0 Å². The van der Waals surface area contributed by atoms with Gasteiger partial charge in [0.2, 0.25) is 5.91 Å². The maximum atomic E-state index is 13.0. The predicted molar refractivity (Wildman–Crippen MR) is 175 cm³/mol. The summed E-state index contributed by atoms with van der Waals surface area (Å²) in [6, 6.07) is 16.6. The molecule has 1 fully saturated rings. The number of hydrogen-bond donors (Lipinski definition) is 3. The molecule has 0 unspecified atom stereocenters. The zero-order valence-corrected chi connectivity index (χ0v) is 26.1. The van der Waals surface area contributed by atoms with Crippen LogP contribution in [0.5, 0.6) is 11.5 Å². The summed E-state index contributed by atoms with van der Waals surface area (Å²) >= 11 is 6.57. The minimum atomic E-state index is -0.315. The molecule has 2 aromatic carbocycles. The number of aromatic nitrogens is 2. The van der Waals surface area contributed by atoms with Crippen LogP contribution >= 0.6 is 11.6 Å². The molecule has 3 heterocycles. The Bertz CT molecular complexity index is 1730. The van der Waals surface area contributed by atoms with Gasteiger partial charge in [-0.15, -0.1) is 0 Å². The Hall–Kier alpha value is -4.69. The largest absolute Gasteiger partial charge is 0.486 e. The number of amides is 1. The summed E-state index contributed by atoms with van der Waals surface area (Å²) < 4.78 is 17.6. The number of benzene rings is 2. The highest BCUT2D eigenvalue weighted by Crippen LogP contribution is 2.38. The van der Waals surface area contributed by atoms with Crippen molar-refractivity contribution in [2.24, 2.45) is 0 Å². The molecule has 2 aromatic heterocycles. The fourth-order valence-corrected chi connectivity index (χ4v) is 4.84. The van der Waals surface area contributed by atoms with Crippen LogP contribution in [-0.4, -0.2) is 47.3 Å². The highest BCUT2D eigenvalue weighted by molar-refractivity contribution is 6.32. The van der Waals surface area contributed by atoms with Crippen molar-refractivity contribution >= 4 is 45.5 Å². The monoisotopic (exact) mass is 626 g/mol. The highest BCUT2D eigenvalue weighted by atomic mass is 35.5. The molecule has 1 saturated heterocycles. The van der Waals surface area contributed by atoms with Gasteiger partial charge in [-0.25, -0.2) is 0 Å². The number of halogens is 1. The van der Waals surface area contributed by atoms with Crippen molar-refractivity contribution in [1.82, 2.24) is 15.3 Å². The van der Waals surface area contributed by atoms with Crippen LogP contribution in [0.4, 0.5) is 17.1 Å². The van der Waals surface area contributed by atoms with E-state index in [-0.39, 0.29) is 24.2 Å². The number of rotatable bonds is 11. The van der Waals surface area contributed by atoms with Gasteiger partial charge < -0.3 is 30.2 Å². The molecule has 4 aromatic rings. The summed E-state index contributed by atoms with van der Waals surface area (Å²) in [6.07, 6.45) is 7.04. The first-order valence-corrected chi connectivity index (χ1v) is 15.0. The summed E-state index contributed by atoms with van der Waals surface area (Å²) in [6.45, 7) is 8.05. The molecule has 1 amide bonds. The number of carbonyl (C=O) groups is 1. The van der Waals surface area contributed by atoms with E-state index >= 15 is 0 Å². The van der Waals surface area contributed by atoms with Gasteiger partial charge in [0.15, 0.2) is 0 Å². The standard InChI is InChI=1S/C34H35ClN6O4/c1-34(2,3)39-13-6-8-32(42)41-29-16-26-28(17-31(29)45-25-11-14-43-21-25)38-19-22(18-36)33(26)40-23-9-10-30(27(35)15-23)44-20-24-7-4-5-12-37-24/h4-10,12,15-17,19,25,39H,11,13-14,20-21H2,1-3H3,(H,38,40)(H,41,42)/t25-/m0/s1. The summed E-state index contributed by atoms with van der Waals surface area (Å²) in [5.41, 5.74) is 3.20. The normalized spacial score (nSPS) is 14.8. The molecule has 45 heavy (non-hydrogen) atoms. The first-order valence-electron chi connectivity index (χ1n) is 14.6. The average Bonchev–Trinajstić information content (AvgIpc) is 3.53. The van der Waals surface area contributed by atoms with Crippen molar-refractivity contribution in [2.45, 2.75) is 45.4 Å². The molecular formula is C34H35ClN6O4. The predicted octanol–water partition coefficient (Wildman–Crippen LogP) is 6.53. The molecule has 3 N–H and O–H groups in total. The highest BCUT2D eigenvalue weighted by Gasteiger charge is 2.21. The number of nitrogens with one attached hydrogen (secondary N) is 3. The minimum Gasteiger partial charge on any atom is -0.486 e. The zero-order valence-electron chi connectivity index (χ0n) is 25.4. The Labute approximate surface area is 267 Å². The Morgan fingerprint density at radius 1 is 1.18 bits per heavy atom. The van der Waals surface area contributed by atoms with Crippen molar-refractivity contribution in [3.8, 4) is 17.6 Å². The van der Waals surface area contributed by atoms with E-state index in [1.165, 1.54) is 12.3 Å². The minimum absolute atomic E-state index is 0.0738. The second-order valence-corrected chi connectivity index (χ2v) is 11.9. The molecular weight excluding hydrogens is 592 g/mol. The average molecular weight is 627 g/mol. The van der Waals surface area contributed by atoms with Crippen LogP contribution in [0.25, 0.3) is 10.9 Å². The Morgan fingerprint density at radius 2 is 2.04 bits per heavy atom. The van der Waals surface area contributed by atoms with E-state index in [9.17, 15) is 10.1 Å². The molecule has 1 aliphatic heterocycles. The number of nitrogens with zero attached hydrogens (tertiary/aromatic N) is 3. The molecule has 0 bridgehead atoms. The Morgan fingerprint density at radius 3 is 2.76 bits per heavy atom. The molecule has 10 nitrogen and oxygen atoms in total. The second kappa shape index (κ2) is 14.4. The quantitative estimate of drug-likeness (QED) is 0.159. The topological polar surface area (TPSA) is 130 Å². The lowest BCUT2D eigenvalue weighted by atomic mass is 10.1. The third-order valence-corrected chi connectivity index (χ3v) is 7.15. The number of fused-ring (bicyclic) bond motifs is 1. The smallest absolute Gasteiger partial charge is 0.248 e. The number of carbonyl (C=O) groups excluding carboxylic acids is 1. The fraction of sp³-hybridized carbons (Fsp3) is 0.294. The van der Waals surface area contributed by atoms with Crippen LogP contribution in [0.15, 0.2) is 73.1 Å². The van der Waals surface area contributed by atoms with E-state index in [0.29, 0.717) is 69.8 Å². The van der Waals surface area contributed by atoms with Crippen molar-refractivity contribution in [3.05, 3.63) is 89.4 Å². The number of hydrogen-bond acceptors (Lipinski definition) is 9. The molecule has 11 heteroatoms. The van der Waals surface area contributed by atoms with Gasteiger partial charge in [-0.1, -0.05) is 23.7 Å². The van der Waals surface area contributed by atoms with Crippen molar-refractivity contribution in [2.75, 3.05) is 30.4 Å². The van der Waals surface area contributed by atoms with E-state index in [2.05, 4.69) is 52.8 Å². The van der Waals surface area contributed by atoms with Gasteiger partial charge in [-0.2, -0.15) is 5.26 Å². The molecule has 0 saturated carbocycles. The third kappa shape index (κ3) is 8.70. The van der Waals surface area contributed by atoms with Crippen LogP contribution in [0, 0.1) is 11.3 Å². The van der Waals surface area contributed by atoms with Crippen LogP contribution in [0.3, 0.4) is 0 Å². The first-order chi connectivity index (χ1) is 21.7. The number of pyridine rings is 2.